The van der Waals surface area contributed by atoms with Crippen LogP contribution in [0.1, 0.15) is 51.4 Å². The molecule has 0 amide bonds. The van der Waals surface area contributed by atoms with Gasteiger partial charge in [0.2, 0.25) is 0 Å². The number of ether oxygens (including phenoxy) is 1. The molecule has 1 saturated heterocycles. The predicted molar refractivity (Wildman–Crippen MR) is 70.2 cm³/mol. The molecule has 1 heterocycles. The highest BCUT2D eigenvalue weighted by atomic mass is 16.5. The summed E-state index contributed by atoms with van der Waals surface area (Å²) in [5.41, 5.74) is 0. The summed E-state index contributed by atoms with van der Waals surface area (Å²) in [7, 11) is 1.54. The van der Waals surface area contributed by atoms with E-state index in [9.17, 15) is 4.79 Å². The van der Waals surface area contributed by atoms with Gasteiger partial charge in [0, 0.05) is 6.04 Å². The Labute approximate surface area is 110 Å². The van der Waals surface area contributed by atoms with Crippen LogP contribution in [-0.4, -0.2) is 36.6 Å². The Balaban J connectivity index is 1.76. The Morgan fingerprint density at radius 3 is 2.56 bits per heavy atom. The highest BCUT2D eigenvalue weighted by Gasteiger charge is 2.46. The molecular weight excluding hydrogens is 226 g/mol. The topological polar surface area (TPSA) is 29.5 Å². The number of likely N-dealkylation sites (tertiary alicyclic amines) is 1. The molecule has 0 aromatic heterocycles. The third kappa shape index (κ3) is 2.29. The van der Waals surface area contributed by atoms with E-state index in [0.29, 0.717) is 12.0 Å². The molecule has 3 heteroatoms. The van der Waals surface area contributed by atoms with Crippen molar-refractivity contribution in [2.45, 2.75) is 63.5 Å². The predicted octanol–water partition coefficient (Wildman–Crippen LogP) is 2.59. The molecule has 3 unspecified atom stereocenters. The fraction of sp³-hybridized carbons (Fsp3) is 0.933. The van der Waals surface area contributed by atoms with Gasteiger partial charge in [0.1, 0.15) is 6.04 Å². The monoisotopic (exact) mass is 251 g/mol. The number of fused-ring (bicyclic) bond motifs is 1. The van der Waals surface area contributed by atoms with E-state index in [0.717, 1.165) is 12.5 Å². The lowest BCUT2D eigenvalue weighted by Gasteiger charge is -2.47. The number of carbonyl (C=O) groups is 1. The first-order valence-electron chi connectivity index (χ1n) is 7.65. The molecule has 0 bridgehead atoms. The van der Waals surface area contributed by atoms with E-state index in [1.54, 1.807) is 7.11 Å². The second-order valence-electron chi connectivity index (χ2n) is 6.30. The van der Waals surface area contributed by atoms with Crippen molar-refractivity contribution in [3.05, 3.63) is 0 Å². The molecule has 18 heavy (non-hydrogen) atoms. The Hall–Kier alpha value is -0.570. The zero-order valence-corrected chi connectivity index (χ0v) is 11.4. The number of rotatable bonds is 3. The standard InChI is InChI=1S/C15H25NO2/c1-18-15(17)14(12-8-9-12)16-10-4-6-11-5-2-3-7-13(11)16/h11-14H,2-10H2,1H3. The van der Waals surface area contributed by atoms with Gasteiger partial charge in [-0.25, -0.2) is 0 Å². The summed E-state index contributed by atoms with van der Waals surface area (Å²) in [5.74, 6) is 1.44. The van der Waals surface area contributed by atoms with Gasteiger partial charge in [0.05, 0.1) is 7.11 Å². The molecule has 3 nitrogen and oxygen atoms in total. The Morgan fingerprint density at radius 2 is 1.83 bits per heavy atom. The number of esters is 1. The Bertz CT molecular complexity index is 312. The lowest BCUT2D eigenvalue weighted by Crippen LogP contribution is -2.55. The van der Waals surface area contributed by atoms with Crippen LogP contribution in [0, 0.1) is 11.8 Å². The zero-order chi connectivity index (χ0) is 12.5. The van der Waals surface area contributed by atoms with Crippen molar-refractivity contribution < 1.29 is 9.53 Å². The molecule has 2 saturated carbocycles. The summed E-state index contributed by atoms with van der Waals surface area (Å²) in [5, 5.41) is 0. The normalized spacial score (nSPS) is 34.7. The van der Waals surface area contributed by atoms with E-state index in [-0.39, 0.29) is 12.0 Å². The molecule has 102 valence electrons. The van der Waals surface area contributed by atoms with E-state index in [1.807, 2.05) is 0 Å². The van der Waals surface area contributed by atoms with Gasteiger partial charge in [-0.1, -0.05) is 12.8 Å². The number of carbonyl (C=O) groups excluding carboxylic acids is 1. The molecule has 0 spiro atoms. The number of methoxy groups -OCH3 is 1. The summed E-state index contributed by atoms with van der Waals surface area (Å²) in [6.45, 7) is 1.11. The first-order valence-corrected chi connectivity index (χ1v) is 7.65. The van der Waals surface area contributed by atoms with Crippen molar-refractivity contribution in [1.29, 1.82) is 0 Å². The van der Waals surface area contributed by atoms with E-state index in [4.69, 9.17) is 4.74 Å². The maximum atomic E-state index is 12.1. The third-order valence-electron chi connectivity index (χ3n) is 5.15. The van der Waals surface area contributed by atoms with Crippen molar-refractivity contribution in [2.75, 3.05) is 13.7 Å². The first-order chi connectivity index (χ1) is 8.81. The minimum absolute atomic E-state index is 0.0173. The van der Waals surface area contributed by atoms with Crippen LogP contribution >= 0.6 is 0 Å². The smallest absolute Gasteiger partial charge is 0.323 e. The number of piperidine rings is 1. The Kier molecular flexibility index (Phi) is 3.60. The first kappa shape index (κ1) is 12.5. The molecule has 0 aromatic rings. The molecule has 0 aromatic carbocycles. The highest BCUT2D eigenvalue weighted by molar-refractivity contribution is 5.76. The highest BCUT2D eigenvalue weighted by Crippen LogP contribution is 2.42. The molecule has 2 aliphatic carbocycles. The molecule has 3 fully saturated rings. The van der Waals surface area contributed by atoms with Crippen molar-refractivity contribution in [3.63, 3.8) is 0 Å². The van der Waals surface area contributed by atoms with Crippen LogP contribution in [0.5, 0.6) is 0 Å². The molecule has 0 N–H and O–H groups in total. The molecule has 0 radical (unpaired) electrons. The van der Waals surface area contributed by atoms with E-state index in [2.05, 4.69) is 4.90 Å². The third-order valence-corrected chi connectivity index (χ3v) is 5.15. The summed E-state index contributed by atoms with van der Waals surface area (Å²) in [4.78, 5) is 14.6. The maximum Gasteiger partial charge on any atom is 0.323 e. The summed E-state index contributed by atoms with van der Waals surface area (Å²) in [6, 6.07) is 0.734. The summed E-state index contributed by atoms with van der Waals surface area (Å²) in [6.07, 6.45) is 10.5. The Morgan fingerprint density at radius 1 is 1.11 bits per heavy atom. The van der Waals surface area contributed by atoms with Crippen LogP contribution in [0.15, 0.2) is 0 Å². The van der Waals surface area contributed by atoms with Crippen LogP contribution < -0.4 is 0 Å². The van der Waals surface area contributed by atoms with Crippen molar-refractivity contribution in [3.8, 4) is 0 Å². The minimum atomic E-state index is 0.0173. The lowest BCUT2D eigenvalue weighted by atomic mass is 9.77. The molecule has 3 rings (SSSR count). The fourth-order valence-corrected chi connectivity index (χ4v) is 4.14. The minimum Gasteiger partial charge on any atom is -0.468 e. The average Bonchev–Trinajstić information content (AvgIpc) is 3.24. The lowest BCUT2D eigenvalue weighted by molar-refractivity contribution is -0.151. The van der Waals surface area contributed by atoms with Crippen molar-refractivity contribution in [1.82, 2.24) is 4.90 Å². The second-order valence-corrected chi connectivity index (χ2v) is 6.30. The number of nitrogens with zero attached hydrogens (tertiary/aromatic N) is 1. The van der Waals surface area contributed by atoms with E-state index in [1.165, 1.54) is 51.4 Å². The quantitative estimate of drug-likeness (QED) is 0.722. The fourth-order valence-electron chi connectivity index (χ4n) is 4.14. The van der Waals surface area contributed by atoms with Gasteiger partial charge < -0.3 is 4.74 Å². The SMILES string of the molecule is COC(=O)C(C1CC1)N1CCCC2CCCCC21. The van der Waals surface area contributed by atoms with Crippen molar-refractivity contribution >= 4 is 5.97 Å². The second kappa shape index (κ2) is 5.20. The maximum absolute atomic E-state index is 12.1. The van der Waals surface area contributed by atoms with Crippen LogP contribution in [0.25, 0.3) is 0 Å². The molecule has 3 aliphatic rings. The summed E-state index contributed by atoms with van der Waals surface area (Å²) >= 11 is 0. The van der Waals surface area contributed by atoms with Gasteiger partial charge in [-0.15, -0.1) is 0 Å². The van der Waals surface area contributed by atoms with Gasteiger partial charge in [-0.2, -0.15) is 0 Å². The zero-order valence-electron chi connectivity index (χ0n) is 11.4. The van der Waals surface area contributed by atoms with Crippen LogP contribution in [0.2, 0.25) is 0 Å². The molecule has 3 atom stereocenters. The van der Waals surface area contributed by atoms with E-state index >= 15 is 0 Å². The van der Waals surface area contributed by atoms with Gasteiger partial charge >= 0.3 is 5.97 Å². The van der Waals surface area contributed by atoms with Gasteiger partial charge in [-0.3, -0.25) is 9.69 Å². The van der Waals surface area contributed by atoms with Crippen molar-refractivity contribution in [2.24, 2.45) is 11.8 Å². The number of hydrogen-bond acceptors (Lipinski definition) is 3. The average molecular weight is 251 g/mol. The largest absolute Gasteiger partial charge is 0.468 e. The van der Waals surface area contributed by atoms with Crippen LogP contribution in [-0.2, 0) is 9.53 Å². The van der Waals surface area contributed by atoms with Crippen LogP contribution in [0.3, 0.4) is 0 Å². The van der Waals surface area contributed by atoms with Gasteiger partial charge in [-0.05, 0) is 56.9 Å². The van der Waals surface area contributed by atoms with E-state index < -0.39 is 0 Å². The summed E-state index contributed by atoms with van der Waals surface area (Å²) < 4.78 is 5.07. The number of hydrogen-bond donors (Lipinski definition) is 0. The van der Waals surface area contributed by atoms with Crippen LogP contribution in [0.4, 0.5) is 0 Å². The molecule has 1 aliphatic heterocycles. The van der Waals surface area contributed by atoms with Gasteiger partial charge in [0.15, 0.2) is 0 Å². The van der Waals surface area contributed by atoms with Gasteiger partial charge in [0.25, 0.3) is 0 Å². The molecular formula is C15H25NO2.